The number of hydrogen-bond acceptors (Lipinski definition) is 7. The van der Waals surface area contributed by atoms with E-state index in [4.69, 9.17) is 9.47 Å². The van der Waals surface area contributed by atoms with Crippen LogP contribution in [0.3, 0.4) is 0 Å². The van der Waals surface area contributed by atoms with E-state index in [2.05, 4.69) is 32.5 Å². The van der Waals surface area contributed by atoms with Gasteiger partial charge in [0.15, 0.2) is 11.5 Å². The van der Waals surface area contributed by atoms with Crippen LogP contribution in [-0.2, 0) is 0 Å². The van der Waals surface area contributed by atoms with Crippen LogP contribution in [0.5, 0.6) is 11.5 Å². The molecular weight excluding hydrogens is 398 g/mol. The molecule has 1 fully saturated rings. The standard InChI is InChI=1S/C22H29N5O4/c1-26-9-11-27(12-10-26)8-7-24-22(29)17-13-19(30-2)20(31-3)14-18(17)25-21(28)16-5-4-6-23-15-16/h4-6,13-15H,7-12H2,1-3H3,(H,24,29)(H,25,28). The maximum Gasteiger partial charge on any atom is 0.257 e. The summed E-state index contributed by atoms with van der Waals surface area (Å²) in [5, 5.41) is 5.73. The maximum atomic E-state index is 12.9. The molecule has 0 atom stereocenters. The molecule has 2 N–H and O–H groups in total. The third-order valence-corrected chi connectivity index (χ3v) is 5.25. The average Bonchev–Trinajstić information content (AvgIpc) is 2.80. The maximum absolute atomic E-state index is 12.9. The molecule has 166 valence electrons. The van der Waals surface area contributed by atoms with Gasteiger partial charge in [-0.2, -0.15) is 0 Å². The number of carbonyl (C=O) groups excluding carboxylic acids is 2. The Labute approximate surface area is 182 Å². The van der Waals surface area contributed by atoms with Gasteiger partial charge in [-0.3, -0.25) is 19.5 Å². The van der Waals surface area contributed by atoms with Crippen LogP contribution in [0.1, 0.15) is 20.7 Å². The van der Waals surface area contributed by atoms with E-state index in [0.29, 0.717) is 34.9 Å². The van der Waals surface area contributed by atoms with Gasteiger partial charge in [-0.15, -0.1) is 0 Å². The lowest BCUT2D eigenvalue weighted by Crippen LogP contribution is -2.46. The molecule has 9 nitrogen and oxygen atoms in total. The Balaban J connectivity index is 1.73. The molecule has 31 heavy (non-hydrogen) atoms. The SMILES string of the molecule is COc1cc(NC(=O)c2cccnc2)c(C(=O)NCCN2CCN(C)CC2)cc1OC. The second-order valence-electron chi connectivity index (χ2n) is 7.35. The first-order chi connectivity index (χ1) is 15.0. The fourth-order valence-corrected chi connectivity index (χ4v) is 3.36. The largest absolute Gasteiger partial charge is 0.493 e. The highest BCUT2D eigenvalue weighted by molar-refractivity contribution is 6.09. The van der Waals surface area contributed by atoms with Crippen molar-refractivity contribution in [3.63, 3.8) is 0 Å². The molecule has 1 aliphatic heterocycles. The Morgan fingerprint density at radius 3 is 2.42 bits per heavy atom. The van der Waals surface area contributed by atoms with Crippen LogP contribution in [0.2, 0.25) is 0 Å². The first-order valence-electron chi connectivity index (χ1n) is 10.2. The molecule has 2 aromatic rings. The Hall–Kier alpha value is -3.17. The van der Waals surface area contributed by atoms with Crippen LogP contribution in [0.15, 0.2) is 36.7 Å². The lowest BCUT2D eigenvalue weighted by atomic mass is 10.1. The molecule has 0 saturated carbocycles. The van der Waals surface area contributed by atoms with Crippen molar-refractivity contribution in [2.24, 2.45) is 0 Å². The van der Waals surface area contributed by atoms with Crippen LogP contribution in [0.25, 0.3) is 0 Å². The molecular formula is C22H29N5O4. The van der Waals surface area contributed by atoms with Gasteiger partial charge in [-0.25, -0.2) is 0 Å². The third-order valence-electron chi connectivity index (χ3n) is 5.25. The number of amides is 2. The Bertz CT molecular complexity index is 898. The second-order valence-corrected chi connectivity index (χ2v) is 7.35. The average molecular weight is 428 g/mol. The molecule has 1 aliphatic rings. The Kier molecular flexibility index (Phi) is 7.80. The van der Waals surface area contributed by atoms with E-state index in [1.54, 1.807) is 30.5 Å². The van der Waals surface area contributed by atoms with Gasteiger partial charge in [-0.1, -0.05) is 0 Å². The Morgan fingerprint density at radius 2 is 1.77 bits per heavy atom. The van der Waals surface area contributed by atoms with Crippen molar-refractivity contribution in [3.8, 4) is 11.5 Å². The van der Waals surface area contributed by atoms with Crippen LogP contribution in [0, 0.1) is 0 Å². The highest BCUT2D eigenvalue weighted by Crippen LogP contribution is 2.33. The summed E-state index contributed by atoms with van der Waals surface area (Å²) in [6.45, 7) is 5.28. The second kappa shape index (κ2) is 10.7. The molecule has 3 rings (SSSR count). The van der Waals surface area contributed by atoms with E-state index in [-0.39, 0.29) is 11.8 Å². The summed E-state index contributed by atoms with van der Waals surface area (Å²) < 4.78 is 10.7. The molecule has 0 radical (unpaired) electrons. The summed E-state index contributed by atoms with van der Waals surface area (Å²) >= 11 is 0. The minimum absolute atomic E-state index is 0.295. The number of nitrogens with zero attached hydrogens (tertiary/aromatic N) is 3. The molecule has 2 heterocycles. The van der Waals surface area contributed by atoms with Gasteiger partial charge >= 0.3 is 0 Å². The fourth-order valence-electron chi connectivity index (χ4n) is 3.36. The number of likely N-dealkylation sites (N-methyl/N-ethyl adjacent to an activating group) is 1. The van der Waals surface area contributed by atoms with E-state index in [9.17, 15) is 9.59 Å². The van der Waals surface area contributed by atoms with Crippen LogP contribution in [0.4, 0.5) is 5.69 Å². The van der Waals surface area contributed by atoms with Gasteiger partial charge in [0.25, 0.3) is 11.8 Å². The monoisotopic (exact) mass is 427 g/mol. The molecule has 0 aliphatic carbocycles. The van der Waals surface area contributed by atoms with E-state index in [1.807, 2.05) is 0 Å². The summed E-state index contributed by atoms with van der Waals surface area (Å²) in [7, 11) is 5.11. The smallest absolute Gasteiger partial charge is 0.257 e. The number of ether oxygens (including phenoxy) is 2. The van der Waals surface area contributed by atoms with Gasteiger partial charge in [0.05, 0.1) is 31.0 Å². The van der Waals surface area contributed by atoms with Crippen LogP contribution in [-0.4, -0.2) is 87.1 Å². The lowest BCUT2D eigenvalue weighted by Gasteiger charge is -2.32. The molecule has 0 unspecified atom stereocenters. The van der Waals surface area contributed by atoms with E-state index >= 15 is 0 Å². The van der Waals surface area contributed by atoms with Gasteiger partial charge in [0, 0.05) is 57.7 Å². The van der Waals surface area contributed by atoms with Crippen LogP contribution >= 0.6 is 0 Å². The number of hydrogen-bond donors (Lipinski definition) is 2. The predicted molar refractivity (Wildman–Crippen MR) is 118 cm³/mol. The van der Waals surface area contributed by atoms with Crippen LogP contribution < -0.4 is 20.1 Å². The van der Waals surface area contributed by atoms with Crippen molar-refractivity contribution >= 4 is 17.5 Å². The lowest BCUT2D eigenvalue weighted by molar-refractivity contribution is 0.0941. The van der Waals surface area contributed by atoms with E-state index in [1.165, 1.54) is 20.4 Å². The van der Waals surface area contributed by atoms with Crippen molar-refractivity contribution in [2.45, 2.75) is 0 Å². The summed E-state index contributed by atoms with van der Waals surface area (Å²) in [6, 6.07) is 6.49. The minimum Gasteiger partial charge on any atom is -0.493 e. The van der Waals surface area contributed by atoms with Crippen molar-refractivity contribution in [1.82, 2.24) is 20.1 Å². The predicted octanol–water partition coefficient (Wildman–Crippen LogP) is 1.33. The van der Waals surface area contributed by atoms with Gasteiger partial charge < -0.3 is 25.0 Å². The van der Waals surface area contributed by atoms with Gasteiger partial charge in [-0.05, 0) is 25.2 Å². The number of aromatic nitrogens is 1. The number of anilines is 1. The number of pyridine rings is 1. The number of piperazine rings is 1. The number of carbonyl (C=O) groups is 2. The van der Waals surface area contributed by atoms with Crippen molar-refractivity contribution in [2.75, 3.05) is 65.9 Å². The summed E-state index contributed by atoms with van der Waals surface area (Å²) in [4.78, 5) is 34.1. The number of nitrogens with one attached hydrogen (secondary N) is 2. The number of benzene rings is 1. The van der Waals surface area contributed by atoms with Gasteiger partial charge in [0.1, 0.15) is 0 Å². The zero-order valence-electron chi connectivity index (χ0n) is 18.2. The fraction of sp³-hybridized carbons (Fsp3) is 0.409. The topological polar surface area (TPSA) is 96.0 Å². The normalized spacial score (nSPS) is 14.7. The zero-order chi connectivity index (χ0) is 22.2. The van der Waals surface area contributed by atoms with E-state index < -0.39 is 0 Å². The summed E-state index contributed by atoms with van der Waals surface area (Å²) in [5.41, 5.74) is 1.02. The molecule has 1 aromatic carbocycles. The molecule has 1 saturated heterocycles. The van der Waals surface area contributed by atoms with Crippen molar-refractivity contribution < 1.29 is 19.1 Å². The van der Waals surface area contributed by atoms with E-state index in [0.717, 1.165) is 32.7 Å². The van der Waals surface area contributed by atoms with Gasteiger partial charge in [0.2, 0.25) is 0 Å². The first kappa shape index (κ1) is 22.5. The zero-order valence-corrected chi connectivity index (χ0v) is 18.2. The highest BCUT2D eigenvalue weighted by Gasteiger charge is 2.20. The molecule has 1 aromatic heterocycles. The summed E-state index contributed by atoms with van der Waals surface area (Å²) in [6.07, 6.45) is 3.05. The van der Waals surface area contributed by atoms with Crippen molar-refractivity contribution in [1.29, 1.82) is 0 Å². The minimum atomic E-state index is -0.369. The first-order valence-corrected chi connectivity index (χ1v) is 10.2. The third kappa shape index (κ3) is 5.93. The number of rotatable bonds is 8. The van der Waals surface area contributed by atoms with Crippen molar-refractivity contribution in [3.05, 3.63) is 47.8 Å². The highest BCUT2D eigenvalue weighted by atomic mass is 16.5. The quantitative estimate of drug-likeness (QED) is 0.656. The molecule has 0 spiro atoms. The number of methoxy groups -OCH3 is 2. The molecule has 9 heteroatoms. The molecule has 2 amide bonds. The summed E-state index contributed by atoms with van der Waals surface area (Å²) in [5.74, 6) is 0.160. The Morgan fingerprint density at radius 1 is 1.06 bits per heavy atom. The molecule has 0 bridgehead atoms.